The average Bonchev–Trinajstić information content (AvgIpc) is 3.05. The van der Waals surface area contributed by atoms with E-state index < -0.39 is 0 Å². The lowest BCUT2D eigenvalue weighted by atomic mass is 10.0. The third-order valence-electron chi connectivity index (χ3n) is 4.73. The van der Waals surface area contributed by atoms with E-state index >= 15 is 0 Å². The van der Waals surface area contributed by atoms with Crippen molar-refractivity contribution in [1.29, 1.82) is 0 Å². The van der Waals surface area contributed by atoms with Gasteiger partial charge in [0.1, 0.15) is 6.10 Å². The number of hydrogen-bond acceptors (Lipinski definition) is 6. The highest BCUT2D eigenvalue weighted by molar-refractivity contribution is 4.99. The molecule has 0 spiro atoms. The molecule has 1 fully saturated rings. The topological polar surface area (TPSA) is 54.6 Å². The molecule has 1 aliphatic heterocycles. The van der Waals surface area contributed by atoms with Crippen molar-refractivity contribution in [3.8, 4) is 0 Å². The zero-order chi connectivity index (χ0) is 16.1. The SMILES string of the molecule is CCO[C@H](C)c1noc(CN2CCN([C@@H]3C=CCCC3)CC2)n1. The molecular weight excluding hydrogens is 292 g/mol. The van der Waals surface area contributed by atoms with Gasteiger partial charge >= 0.3 is 0 Å². The standard InChI is InChI=1S/C17H28N4O2/c1-3-22-14(2)17-18-16(23-19-17)13-20-9-11-21(12-10-20)15-7-5-4-6-8-15/h5,7,14-15H,3-4,6,8-13H2,1-2H3/t14-,15-/m1/s1. The number of nitrogens with zero attached hydrogens (tertiary/aromatic N) is 4. The summed E-state index contributed by atoms with van der Waals surface area (Å²) in [5.41, 5.74) is 0. The van der Waals surface area contributed by atoms with Gasteiger partial charge in [0, 0.05) is 38.8 Å². The predicted octanol–water partition coefficient (Wildman–Crippen LogP) is 2.39. The molecule has 2 heterocycles. The Morgan fingerprint density at radius 2 is 2.17 bits per heavy atom. The van der Waals surface area contributed by atoms with Gasteiger partial charge in [-0.25, -0.2) is 0 Å². The Morgan fingerprint density at radius 3 is 2.87 bits per heavy atom. The fourth-order valence-electron chi connectivity index (χ4n) is 3.36. The molecule has 1 saturated heterocycles. The average molecular weight is 320 g/mol. The van der Waals surface area contributed by atoms with E-state index in [9.17, 15) is 0 Å². The lowest BCUT2D eigenvalue weighted by molar-refractivity contribution is 0.0683. The predicted molar refractivity (Wildman–Crippen MR) is 88.0 cm³/mol. The largest absolute Gasteiger partial charge is 0.371 e. The smallest absolute Gasteiger partial charge is 0.240 e. The van der Waals surface area contributed by atoms with Crippen LogP contribution < -0.4 is 0 Å². The third kappa shape index (κ3) is 4.40. The molecular formula is C17H28N4O2. The van der Waals surface area contributed by atoms with Gasteiger partial charge in [0.05, 0.1) is 6.54 Å². The van der Waals surface area contributed by atoms with Crippen LogP contribution in [-0.4, -0.2) is 58.8 Å². The molecule has 6 heteroatoms. The Morgan fingerprint density at radius 1 is 1.35 bits per heavy atom. The van der Waals surface area contributed by atoms with E-state index in [0.29, 0.717) is 24.4 Å². The van der Waals surface area contributed by atoms with Crippen molar-refractivity contribution < 1.29 is 9.26 Å². The highest BCUT2D eigenvalue weighted by Crippen LogP contribution is 2.19. The molecule has 0 aromatic carbocycles. The fraction of sp³-hybridized carbons (Fsp3) is 0.765. The van der Waals surface area contributed by atoms with Crippen LogP contribution in [0.15, 0.2) is 16.7 Å². The highest BCUT2D eigenvalue weighted by atomic mass is 16.5. The first-order valence-corrected chi connectivity index (χ1v) is 8.83. The van der Waals surface area contributed by atoms with E-state index in [-0.39, 0.29) is 6.10 Å². The van der Waals surface area contributed by atoms with Gasteiger partial charge in [-0.15, -0.1) is 0 Å². The first-order valence-electron chi connectivity index (χ1n) is 8.83. The van der Waals surface area contributed by atoms with Crippen molar-refractivity contribution in [2.24, 2.45) is 0 Å². The number of hydrogen-bond donors (Lipinski definition) is 0. The van der Waals surface area contributed by atoms with Crippen LogP contribution in [0.25, 0.3) is 0 Å². The van der Waals surface area contributed by atoms with Crippen LogP contribution in [0.4, 0.5) is 0 Å². The third-order valence-corrected chi connectivity index (χ3v) is 4.73. The first-order chi connectivity index (χ1) is 11.3. The highest BCUT2D eigenvalue weighted by Gasteiger charge is 2.24. The molecule has 0 unspecified atom stereocenters. The molecule has 23 heavy (non-hydrogen) atoms. The van der Waals surface area contributed by atoms with Crippen LogP contribution in [0.1, 0.15) is 50.9 Å². The van der Waals surface area contributed by atoms with Crippen molar-refractivity contribution in [2.75, 3.05) is 32.8 Å². The summed E-state index contributed by atoms with van der Waals surface area (Å²) in [6.07, 6.45) is 8.49. The maximum absolute atomic E-state index is 5.50. The van der Waals surface area contributed by atoms with Crippen LogP contribution in [0.5, 0.6) is 0 Å². The summed E-state index contributed by atoms with van der Waals surface area (Å²) in [5, 5.41) is 4.03. The van der Waals surface area contributed by atoms with E-state index in [0.717, 1.165) is 32.7 Å². The summed E-state index contributed by atoms with van der Waals surface area (Å²) < 4.78 is 10.9. The zero-order valence-electron chi connectivity index (χ0n) is 14.3. The molecule has 1 aromatic rings. The van der Waals surface area contributed by atoms with E-state index in [1.54, 1.807) is 0 Å². The van der Waals surface area contributed by atoms with Crippen LogP contribution >= 0.6 is 0 Å². The maximum Gasteiger partial charge on any atom is 0.240 e. The molecule has 1 aromatic heterocycles. The minimum Gasteiger partial charge on any atom is -0.371 e. The van der Waals surface area contributed by atoms with Crippen molar-refractivity contribution in [3.63, 3.8) is 0 Å². The van der Waals surface area contributed by atoms with Gasteiger partial charge in [-0.2, -0.15) is 4.98 Å². The van der Waals surface area contributed by atoms with Crippen molar-refractivity contribution in [3.05, 3.63) is 23.9 Å². The van der Waals surface area contributed by atoms with Gasteiger partial charge in [-0.1, -0.05) is 17.3 Å². The Kier molecular flexibility index (Phi) is 5.80. The van der Waals surface area contributed by atoms with Crippen molar-refractivity contribution in [2.45, 2.75) is 51.8 Å². The van der Waals surface area contributed by atoms with Gasteiger partial charge in [0.25, 0.3) is 0 Å². The molecule has 2 atom stereocenters. The molecule has 0 saturated carbocycles. The molecule has 2 aliphatic rings. The number of aromatic nitrogens is 2. The normalized spacial score (nSPS) is 24.9. The number of allylic oxidation sites excluding steroid dienone is 1. The fourth-order valence-corrected chi connectivity index (χ4v) is 3.36. The van der Waals surface area contributed by atoms with Crippen LogP contribution in [0, 0.1) is 0 Å². The Bertz CT molecular complexity index is 508. The van der Waals surface area contributed by atoms with Gasteiger partial charge in [0.15, 0.2) is 5.82 Å². The second kappa shape index (κ2) is 8.04. The van der Waals surface area contributed by atoms with E-state index in [2.05, 4.69) is 32.1 Å². The second-order valence-electron chi connectivity index (χ2n) is 6.38. The van der Waals surface area contributed by atoms with Crippen molar-refractivity contribution in [1.82, 2.24) is 19.9 Å². The van der Waals surface area contributed by atoms with Crippen LogP contribution in [-0.2, 0) is 11.3 Å². The van der Waals surface area contributed by atoms with Crippen molar-refractivity contribution >= 4 is 0 Å². The summed E-state index contributed by atoms with van der Waals surface area (Å²) in [6, 6.07) is 0.646. The Labute approximate surface area is 138 Å². The number of piperazine rings is 1. The minimum absolute atomic E-state index is 0.104. The molecule has 128 valence electrons. The minimum atomic E-state index is -0.104. The van der Waals surface area contributed by atoms with Gasteiger partial charge < -0.3 is 9.26 Å². The summed E-state index contributed by atoms with van der Waals surface area (Å²) in [4.78, 5) is 9.46. The quantitative estimate of drug-likeness (QED) is 0.750. The lowest BCUT2D eigenvalue weighted by Crippen LogP contribution is -2.49. The molecule has 0 radical (unpaired) electrons. The first kappa shape index (κ1) is 16.6. The number of ether oxygens (including phenoxy) is 1. The van der Waals surface area contributed by atoms with Crippen LogP contribution in [0.2, 0.25) is 0 Å². The molecule has 0 N–H and O–H groups in total. The van der Waals surface area contributed by atoms with Crippen LogP contribution in [0.3, 0.4) is 0 Å². The second-order valence-corrected chi connectivity index (χ2v) is 6.38. The van der Waals surface area contributed by atoms with E-state index in [1.807, 2.05) is 13.8 Å². The number of rotatable bonds is 6. The molecule has 6 nitrogen and oxygen atoms in total. The lowest BCUT2D eigenvalue weighted by Gasteiger charge is -2.38. The summed E-state index contributed by atoms with van der Waals surface area (Å²) in [5.74, 6) is 1.34. The van der Waals surface area contributed by atoms with Gasteiger partial charge in [0.2, 0.25) is 5.89 Å². The maximum atomic E-state index is 5.50. The Balaban J connectivity index is 1.47. The molecule has 0 bridgehead atoms. The van der Waals surface area contributed by atoms with Gasteiger partial charge in [-0.3, -0.25) is 9.80 Å². The molecule has 1 aliphatic carbocycles. The zero-order valence-corrected chi connectivity index (χ0v) is 14.3. The molecule has 0 amide bonds. The van der Waals surface area contributed by atoms with E-state index in [4.69, 9.17) is 9.26 Å². The summed E-state index contributed by atoms with van der Waals surface area (Å²) in [6.45, 7) is 9.67. The Hall–Kier alpha value is -1.24. The van der Waals surface area contributed by atoms with Gasteiger partial charge in [-0.05, 0) is 33.1 Å². The molecule has 3 rings (SSSR count). The summed E-state index contributed by atoms with van der Waals surface area (Å²) in [7, 11) is 0. The summed E-state index contributed by atoms with van der Waals surface area (Å²) >= 11 is 0. The van der Waals surface area contributed by atoms with E-state index in [1.165, 1.54) is 19.3 Å². The monoisotopic (exact) mass is 320 g/mol.